The van der Waals surface area contributed by atoms with Crippen molar-refractivity contribution in [2.24, 2.45) is 0 Å². The first-order valence-electron chi connectivity index (χ1n) is 9.14. The van der Waals surface area contributed by atoms with Gasteiger partial charge in [-0.15, -0.1) is 5.10 Å². The molecule has 144 valence electrons. The van der Waals surface area contributed by atoms with Crippen LogP contribution in [0.15, 0.2) is 48.8 Å². The number of rotatable bonds is 7. The Balaban J connectivity index is 1.26. The summed E-state index contributed by atoms with van der Waals surface area (Å²) in [7, 11) is 0. The molecule has 0 bridgehead atoms. The molecule has 0 unspecified atom stereocenters. The lowest BCUT2D eigenvalue weighted by Crippen LogP contribution is -2.48. The Kier molecular flexibility index (Phi) is 5.53. The van der Waals surface area contributed by atoms with Crippen molar-refractivity contribution in [2.75, 3.05) is 37.6 Å². The first kappa shape index (κ1) is 18.1. The van der Waals surface area contributed by atoms with Crippen LogP contribution in [-0.4, -0.2) is 69.0 Å². The molecular weight excluding hydrogens is 358 g/mol. The van der Waals surface area contributed by atoms with E-state index in [-0.39, 0.29) is 12.4 Å². The first-order valence-corrected chi connectivity index (χ1v) is 9.14. The summed E-state index contributed by atoms with van der Waals surface area (Å²) in [5.74, 6) is 1.33. The van der Waals surface area contributed by atoms with Crippen molar-refractivity contribution in [1.82, 2.24) is 30.5 Å². The van der Waals surface area contributed by atoms with Crippen molar-refractivity contribution in [2.45, 2.75) is 6.61 Å². The number of ketones is 1. The highest BCUT2D eigenvalue weighted by Crippen LogP contribution is 2.16. The molecule has 0 aliphatic carbocycles. The molecule has 1 fully saturated rings. The zero-order valence-electron chi connectivity index (χ0n) is 15.4. The summed E-state index contributed by atoms with van der Waals surface area (Å²) >= 11 is 0. The molecule has 0 saturated carbocycles. The SMILES string of the molecule is O=C(CN1CCN(c2ccncc2)CC1)c1ccc(OCc2nnn[nH]2)cc1. The first-order chi connectivity index (χ1) is 13.8. The highest BCUT2D eigenvalue weighted by Gasteiger charge is 2.19. The van der Waals surface area contributed by atoms with E-state index >= 15 is 0 Å². The fraction of sp³-hybridized carbons (Fsp3) is 0.316. The number of nitrogens with zero attached hydrogens (tertiary/aromatic N) is 6. The molecule has 0 spiro atoms. The standard InChI is InChI=1S/C19H21N7O2/c27-18(13-25-9-11-26(12-10-25)16-5-7-20-8-6-16)15-1-3-17(4-2-15)28-14-19-21-23-24-22-19/h1-8H,9-14H2,(H,21,22,23,24). The van der Waals surface area contributed by atoms with Crippen LogP contribution in [0.25, 0.3) is 0 Å². The predicted molar refractivity (Wildman–Crippen MR) is 102 cm³/mol. The van der Waals surface area contributed by atoms with Crippen molar-refractivity contribution in [3.63, 3.8) is 0 Å². The van der Waals surface area contributed by atoms with Crippen LogP contribution in [0.2, 0.25) is 0 Å². The third-order valence-electron chi connectivity index (χ3n) is 4.71. The molecule has 1 aliphatic rings. The number of aromatic nitrogens is 5. The number of tetrazole rings is 1. The third kappa shape index (κ3) is 4.49. The van der Waals surface area contributed by atoms with Gasteiger partial charge < -0.3 is 9.64 Å². The van der Waals surface area contributed by atoms with Gasteiger partial charge >= 0.3 is 0 Å². The quantitative estimate of drug-likeness (QED) is 0.611. The van der Waals surface area contributed by atoms with E-state index < -0.39 is 0 Å². The van der Waals surface area contributed by atoms with Gasteiger partial charge in [-0.05, 0) is 46.8 Å². The van der Waals surface area contributed by atoms with Crippen LogP contribution < -0.4 is 9.64 Å². The van der Waals surface area contributed by atoms with E-state index in [9.17, 15) is 4.79 Å². The van der Waals surface area contributed by atoms with Crippen LogP contribution in [0.4, 0.5) is 5.69 Å². The van der Waals surface area contributed by atoms with Crippen molar-refractivity contribution in [3.05, 3.63) is 60.2 Å². The Morgan fingerprint density at radius 2 is 1.79 bits per heavy atom. The maximum absolute atomic E-state index is 12.6. The monoisotopic (exact) mass is 379 g/mol. The van der Waals surface area contributed by atoms with E-state index in [1.54, 1.807) is 36.7 Å². The lowest BCUT2D eigenvalue weighted by atomic mass is 10.1. The number of hydrogen-bond acceptors (Lipinski definition) is 8. The van der Waals surface area contributed by atoms with E-state index in [2.05, 4.69) is 35.4 Å². The number of Topliss-reactive ketones (excluding diaryl/α,β-unsaturated/α-hetero) is 1. The second kappa shape index (κ2) is 8.57. The molecule has 1 aliphatic heterocycles. The summed E-state index contributed by atoms with van der Waals surface area (Å²) in [6.45, 7) is 4.21. The van der Waals surface area contributed by atoms with Gasteiger partial charge in [-0.3, -0.25) is 14.7 Å². The summed E-state index contributed by atoms with van der Waals surface area (Å²) in [6, 6.07) is 11.2. The average Bonchev–Trinajstić information content (AvgIpc) is 3.27. The number of ether oxygens (including phenoxy) is 1. The number of pyridine rings is 1. The third-order valence-corrected chi connectivity index (χ3v) is 4.71. The highest BCUT2D eigenvalue weighted by atomic mass is 16.5. The maximum Gasteiger partial charge on any atom is 0.186 e. The zero-order chi connectivity index (χ0) is 19.2. The molecule has 28 heavy (non-hydrogen) atoms. The van der Waals surface area contributed by atoms with Gasteiger partial charge in [0.1, 0.15) is 12.4 Å². The largest absolute Gasteiger partial charge is 0.486 e. The second-order valence-corrected chi connectivity index (χ2v) is 6.55. The Labute approximate surface area is 162 Å². The Morgan fingerprint density at radius 1 is 1.04 bits per heavy atom. The molecule has 9 heteroatoms. The number of carbonyl (C=O) groups excluding carboxylic acids is 1. The molecule has 3 aromatic rings. The lowest BCUT2D eigenvalue weighted by Gasteiger charge is -2.35. The molecule has 1 N–H and O–H groups in total. The smallest absolute Gasteiger partial charge is 0.186 e. The van der Waals surface area contributed by atoms with Crippen molar-refractivity contribution in [1.29, 1.82) is 0 Å². The van der Waals surface area contributed by atoms with E-state index in [4.69, 9.17) is 4.74 Å². The Bertz CT molecular complexity index is 876. The average molecular weight is 379 g/mol. The topological polar surface area (TPSA) is 100 Å². The fourth-order valence-corrected chi connectivity index (χ4v) is 3.14. The number of H-pyrrole nitrogens is 1. The predicted octanol–water partition coefficient (Wildman–Crippen LogP) is 1.18. The molecule has 3 heterocycles. The van der Waals surface area contributed by atoms with E-state index in [1.807, 2.05) is 12.1 Å². The molecule has 4 rings (SSSR count). The molecule has 0 atom stereocenters. The van der Waals surface area contributed by atoms with Crippen LogP contribution in [0.5, 0.6) is 5.75 Å². The van der Waals surface area contributed by atoms with Gasteiger partial charge in [0.15, 0.2) is 11.6 Å². The molecule has 0 radical (unpaired) electrons. The van der Waals surface area contributed by atoms with Gasteiger partial charge in [-0.2, -0.15) is 0 Å². The normalized spacial score (nSPS) is 14.8. The van der Waals surface area contributed by atoms with Crippen molar-refractivity contribution >= 4 is 11.5 Å². The lowest BCUT2D eigenvalue weighted by molar-refractivity contribution is 0.0926. The van der Waals surface area contributed by atoms with Gasteiger partial charge in [0.05, 0.1) is 6.54 Å². The fourth-order valence-electron chi connectivity index (χ4n) is 3.14. The zero-order valence-corrected chi connectivity index (χ0v) is 15.4. The molecular formula is C19H21N7O2. The van der Waals surface area contributed by atoms with Gasteiger partial charge in [-0.1, -0.05) is 0 Å². The molecule has 2 aromatic heterocycles. The van der Waals surface area contributed by atoms with Crippen LogP contribution in [-0.2, 0) is 6.61 Å². The Morgan fingerprint density at radius 3 is 2.46 bits per heavy atom. The minimum atomic E-state index is 0.114. The number of benzene rings is 1. The van der Waals surface area contributed by atoms with Gasteiger partial charge in [0, 0.05) is 49.8 Å². The number of piperazine rings is 1. The molecule has 1 saturated heterocycles. The number of nitrogens with one attached hydrogen (secondary N) is 1. The summed E-state index contributed by atoms with van der Waals surface area (Å²) in [5.41, 5.74) is 1.86. The summed E-state index contributed by atoms with van der Waals surface area (Å²) < 4.78 is 5.58. The van der Waals surface area contributed by atoms with Crippen LogP contribution >= 0.6 is 0 Å². The molecule has 9 nitrogen and oxygen atoms in total. The number of hydrogen-bond donors (Lipinski definition) is 1. The number of anilines is 1. The van der Waals surface area contributed by atoms with Gasteiger partial charge in [0.25, 0.3) is 0 Å². The molecule has 1 aromatic carbocycles. The summed E-state index contributed by atoms with van der Waals surface area (Å²) in [4.78, 5) is 21.2. The second-order valence-electron chi connectivity index (χ2n) is 6.55. The van der Waals surface area contributed by atoms with Crippen LogP contribution in [0.1, 0.15) is 16.2 Å². The minimum Gasteiger partial charge on any atom is -0.486 e. The van der Waals surface area contributed by atoms with Gasteiger partial charge in [-0.25, -0.2) is 5.10 Å². The number of aromatic amines is 1. The molecule has 0 amide bonds. The van der Waals surface area contributed by atoms with Crippen molar-refractivity contribution in [3.8, 4) is 5.75 Å². The van der Waals surface area contributed by atoms with Crippen molar-refractivity contribution < 1.29 is 9.53 Å². The van der Waals surface area contributed by atoms with Gasteiger partial charge in [0.2, 0.25) is 0 Å². The van der Waals surface area contributed by atoms with E-state index in [0.717, 1.165) is 26.2 Å². The van der Waals surface area contributed by atoms with Crippen LogP contribution in [0.3, 0.4) is 0 Å². The Hall–Kier alpha value is -3.33. The summed E-state index contributed by atoms with van der Waals surface area (Å²) in [5, 5.41) is 13.4. The van der Waals surface area contributed by atoms with Crippen LogP contribution in [0, 0.1) is 0 Å². The number of carbonyl (C=O) groups is 1. The minimum absolute atomic E-state index is 0.114. The highest BCUT2D eigenvalue weighted by molar-refractivity contribution is 5.97. The van der Waals surface area contributed by atoms with E-state index in [1.165, 1.54) is 5.69 Å². The summed E-state index contributed by atoms with van der Waals surface area (Å²) in [6.07, 6.45) is 3.61. The van der Waals surface area contributed by atoms with E-state index in [0.29, 0.717) is 23.7 Å². The maximum atomic E-state index is 12.6.